The maximum atomic E-state index is 11.2. The van der Waals surface area contributed by atoms with Gasteiger partial charge in [-0.15, -0.1) is 0 Å². The number of hydrogen-bond acceptors (Lipinski definition) is 3. The van der Waals surface area contributed by atoms with Crippen molar-refractivity contribution in [3.05, 3.63) is 29.8 Å². The molecule has 5 nitrogen and oxygen atoms in total. The normalized spacial score (nSPS) is 10.3. The van der Waals surface area contributed by atoms with Crippen LogP contribution >= 0.6 is 11.6 Å². The minimum absolute atomic E-state index is 0.0275. The number of para-hydroxylation sites is 1. The highest BCUT2D eigenvalue weighted by molar-refractivity contribution is 6.69. The molecule has 0 unspecified atom stereocenters. The molecule has 0 aliphatic rings. The Morgan fingerprint density at radius 2 is 2.00 bits per heavy atom. The summed E-state index contributed by atoms with van der Waals surface area (Å²) in [6, 6.07) is 6.65. The highest BCUT2D eigenvalue weighted by Crippen LogP contribution is 2.30. The van der Waals surface area contributed by atoms with Gasteiger partial charge in [-0.2, -0.15) is 0 Å². The van der Waals surface area contributed by atoms with Crippen LogP contribution in [0.15, 0.2) is 28.7 Å². The molecule has 16 heavy (non-hydrogen) atoms. The Hall–Kier alpha value is -2.01. The third kappa shape index (κ3) is 1.72. The molecule has 1 aromatic heterocycles. The van der Waals surface area contributed by atoms with Crippen LogP contribution in [0.1, 0.15) is 10.4 Å². The summed E-state index contributed by atoms with van der Waals surface area (Å²) in [5.74, 6) is -0.159. The van der Waals surface area contributed by atoms with Gasteiger partial charge in [-0.3, -0.25) is 10.1 Å². The first kappa shape index (κ1) is 10.5. The lowest BCUT2D eigenvalue weighted by molar-refractivity contribution is 0.108. The number of nitrogens with one attached hydrogen (secondary N) is 1. The highest BCUT2D eigenvalue weighted by atomic mass is 35.5. The van der Waals surface area contributed by atoms with Gasteiger partial charge in [0.2, 0.25) is 5.88 Å². The number of benzene rings is 1. The van der Waals surface area contributed by atoms with E-state index in [9.17, 15) is 9.59 Å². The zero-order valence-electron chi connectivity index (χ0n) is 7.86. The average Bonchev–Trinajstić information content (AvgIpc) is 2.53. The average molecular weight is 240 g/mol. The summed E-state index contributed by atoms with van der Waals surface area (Å²) in [5.41, 5.74) is 0.426. The summed E-state index contributed by atoms with van der Waals surface area (Å²) in [5, 5.41) is 10.3. The van der Waals surface area contributed by atoms with Crippen molar-refractivity contribution in [3.63, 3.8) is 0 Å². The fourth-order valence-corrected chi connectivity index (χ4v) is 1.61. The van der Waals surface area contributed by atoms with Crippen molar-refractivity contribution in [1.29, 1.82) is 0 Å². The van der Waals surface area contributed by atoms with Gasteiger partial charge in [0.1, 0.15) is 11.1 Å². The molecule has 0 spiro atoms. The van der Waals surface area contributed by atoms with E-state index in [4.69, 9.17) is 21.1 Å². The van der Waals surface area contributed by atoms with E-state index in [0.29, 0.717) is 11.0 Å². The third-order valence-electron chi connectivity index (χ3n) is 2.01. The third-order valence-corrected chi connectivity index (χ3v) is 2.20. The Morgan fingerprint density at radius 1 is 1.31 bits per heavy atom. The van der Waals surface area contributed by atoms with Crippen molar-refractivity contribution < 1.29 is 19.1 Å². The molecule has 82 valence electrons. The Morgan fingerprint density at radius 3 is 2.62 bits per heavy atom. The summed E-state index contributed by atoms with van der Waals surface area (Å²) in [6.45, 7) is 0. The van der Waals surface area contributed by atoms with Crippen molar-refractivity contribution in [2.24, 2.45) is 0 Å². The van der Waals surface area contributed by atoms with Gasteiger partial charge in [0.05, 0.1) is 0 Å². The van der Waals surface area contributed by atoms with E-state index in [-0.39, 0.29) is 11.4 Å². The van der Waals surface area contributed by atoms with E-state index in [1.54, 1.807) is 24.3 Å². The number of carbonyl (C=O) groups is 2. The molecule has 0 atom stereocenters. The van der Waals surface area contributed by atoms with E-state index in [2.05, 4.69) is 0 Å². The molecule has 0 saturated heterocycles. The molecule has 0 bridgehead atoms. The van der Waals surface area contributed by atoms with Crippen LogP contribution in [0.5, 0.6) is 0 Å². The van der Waals surface area contributed by atoms with Gasteiger partial charge in [-0.1, -0.05) is 18.2 Å². The topological polar surface area (TPSA) is 79.5 Å². The van der Waals surface area contributed by atoms with Crippen LogP contribution < -0.4 is 5.32 Å². The Kier molecular flexibility index (Phi) is 2.54. The fraction of sp³-hybridized carbons (Fsp3) is 0. The minimum atomic E-state index is -1.32. The molecule has 0 aliphatic heterocycles. The van der Waals surface area contributed by atoms with Crippen LogP contribution in [0.2, 0.25) is 0 Å². The van der Waals surface area contributed by atoms with Crippen molar-refractivity contribution in [3.8, 4) is 0 Å². The lowest BCUT2D eigenvalue weighted by atomic mass is 10.2. The molecule has 2 N–H and O–H groups in total. The summed E-state index contributed by atoms with van der Waals surface area (Å²) in [6.07, 6.45) is -1.32. The zero-order valence-corrected chi connectivity index (χ0v) is 8.62. The molecule has 2 aromatic rings. The number of carboxylic acid groups (broad SMARTS) is 1. The van der Waals surface area contributed by atoms with Crippen LogP contribution in [0.3, 0.4) is 0 Å². The molecule has 1 aromatic carbocycles. The summed E-state index contributed by atoms with van der Waals surface area (Å²) in [7, 11) is 0. The van der Waals surface area contributed by atoms with Crippen LogP contribution in [0.4, 0.5) is 10.7 Å². The SMILES string of the molecule is O=C(O)Nc1oc2ccccc2c1C(=O)Cl. The monoisotopic (exact) mass is 239 g/mol. The Labute approximate surface area is 94.6 Å². The number of amides is 1. The summed E-state index contributed by atoms with van der Waals surface area (Å²) >= 11 is 5.38. The van der Waals surface area contributed by atoms with Crippen LogP contribution in [0, 0.1) is 0 Å². The van der Waals surface area contributed by atoms with Crippen molar-refractivity contribution in [1.82, 2.24) is 0 Å². The maximum Gasteiger partial charge on any atom is 0.411 e. The number of anilines is 1. The zero-order chi connectivity index (χ0) is 11.7. The molecule has 0 radical (unpaired) electrons. The second-order valence-corrected chi connectivity index (χ2v) is 3.35. The van der Waals surface area contributed by atoms with Crippen molar-refractivity contribution in [2.45, 2.75) is 0 Å². The Balaban J connectivity index is 2.68. The van der Waals surface area contributed by atoms with E-state index in [0.717, 1.165) is 0 Å². The fourth-order valence-electron chi connectivity index (χ4n) is 1.43. The van der Waals surface area contributed by atoms with Gasteiger partial charge in [0, 0.05) is 5.39 Å². The molecule has 0 fully saturated rings. The van der Waals surface area contributed by atoms with E-state index >= 15 is 0 Å². The second kappa shape index (κ2) is 3.86. The van der Waals surface area contributed by atoms with Gasteiger partial charge >= 0.3 is 6.09 Å². The van der Waals surface area contributed by atoms with Gasteiger partial charge in [0.15, 0.2) is 0 Å². The number of hydrogen-bond donors (Lipinski definition) is 2. The molecular weight excluding hydrogens is 234 g/mol. The number of fused-ring (bicyclic) bond motifs is 1. The highest BCUT2D eigenvalue weighted by Gasteiger charge is 2.20. The summed E-state index contributed by atoms with van der Waals surface area (Å²) < 4.78 is 5.17. The van der Waals surface area contributed by atoms with E-state index in [1.807, 2.05) is 5.32 Å². The first-order chi connectivity index (χ1) is 7.59. The van der Waals surface area contributed by atoms with Gasteiger partial charge in [-0.25, -0.2) is 4.79 Å². The van der Waals surface area contributed by atoms with Crippen LogP contribution in [0.25, 0.3) is 11.0 Å². The molecule has 2 rings (SSSR count). The lowest BCUT2D eigenvalue weighted by Gasteiger charge is -1.96. The summed E-state index contributed by atoms with van der Waals surface area (Å²) in [4.78, 5) is 21.7. The molecule has 1 heterocycles. The van der Waals surface area contributed by atoms with Gasteiger partial charge in [-0.05, 0) is 17.7 Å². The quantitative estimate of drug-likeness (QED) is 0.790. The second-order valence-electron chi connectivity index (χ2n) is 3.01. The van der Waals surface area contributed by atoms with Crippen molar-refractivity contribution >= 4 is 39.8 Å². The van der Waals surface area contributed by atoms with Gasteiger partial charge < -0.3 is 9.52 Å². The number of rotatable bonds is 2. The first-order valence-electron chi connectivity index (χ1n) is 4.31. The Bertz CT molecular complexity index is 575. The number of furan rings is 1. The van der Waals surface area contributed by atoms with E-state index < -0.39 is 11.3 Å². The maximum absolute atomic E-state index is 11.2. The van der Waals surface area contributed by atoms with Crippen LogP contribution in [-0.4, -0.2) is 16.4 Å². The van der Waals surface area contributed by atoms with Crippen LogP contribution in [-0.2, 0) is 0 Å². The number of halogens is 1. The minimum Gasteiger partial charge on any atom is -0.465 e. The molecule has 1 amide bonds. The van der Waals surface area contributed by atoms with E-state index in [1.165, 1.54) is 0 Å². The molecular formula is C10H6ClNO4. The molecule has 0 saturated carbocycles. The standard InChI is InChI=1S/C10H6ClNO4/c11-8(13)7-5-3-1-2-4-6(5)16-9(7)12-10(14)15/h1-4,12H,(H,14,15). The van der Waals surface area contributed by atoms with Crippen molar-refractivity contribution in [2.75, 3.05) is 5.32 Å². The number of carbonyl (C=O) groups excluding carboxylic acids is 1. The largest absolute Gasteiger partial charge is 0.465 e. The first-order valence-corrected chi connectivity index (χ1v) is 4.68. The van der Waals surface area contributed by atoms with Gasteiger partial charge in [0.25, 0.3) is 5.24 Å². The lowest BCUT2D eigenvalue weighted by Crippen LogP contribution is -2.08. The molecule has 0 aliphatic carbocycles. The molecule has 6 heteroatoms. The predicted octanol–water partition coefficient (Wildman–Crippen LogP) is 2.90. The smallest absolute Gasteiger partial charge is 0.411 e. The predicted molar refractivity (Wildman–Crippen MR) is 58.0 cm³/mol.